The van der Waals surface area contributed by atoms with Crippen molar-refractivity contribution >= 4 is 23.5 Å². The van der Waals surface area contributed by atoms with Gasteiger partial charge >= 0.3 is 5.97 Å². The lowest BCUT2D eigenvalue weighted by atomic mass is 9.78. The topological polar surface area (TPSA) is 79.0 Å². The summed E-state index contributed by atoms with van der Waals surface area (Å²) < 4.78 is 5.00. The lowest BCUT2D eigenvalue weighted by molar-refractivity contribution is -0.154. The number of methoxy groups -OCH3 is 1. The number of amides is 2. The third-order valence-electron chi connectivity index (χ3n) is 5.75. The lowest BCUT2D eigenvalue weighted by Crippen LogP contribution is -2.55. The summed E-state index contributed by atoms with van der Waals surface area (Å²) in [5.41, 5.74) is 0.715. The fourth-order valence-corrected chi connectivity index (χ4v) is 4.25. The van der Waals surface area contributed by atoms with E-state index < -0.39 is 29.4 Å². The summed E-state index contributed by atoms with van der Waals surface area (Å²) in [7, 11) is 6.69. The number of likely N-dealkylation sites (tertiary alicyclic amines) is 1. The Labute approximate surface area is 153 Å². The van der Waals surface area contributed by atoms with Crippen molar-refractivity contribution in [2.75, 3.05) is 33.2 Å². The molecule has 2 amide bonds. The number of carbonyl (C=O) groups excluding carboxylic acids is 3. The summed E-state index contributed by atoms with van der Waals surface area (Å²) >= 11 is 0. The maximum absolute atomic E-state index is 12.8. The molecular formula is C19H25N3O4. The van der Waals surface area contributed by atoms with Crippen molar-refractivity contribution in [3.8, 4) is 0 Å². The fourth-order valence-electron chi connectivity index (χ4n) is 4.25. The largest absolute Gasteiger partial charge is 0.468 e. The van der Waals surface area contributed by atoms with Crippen LogP contribution in [0.1, 0.15) is 24.9 Å². The van der Waals surface area contributed by atoms with Crippen LogP contribution in [0.5, 0.6) is 0 Å². The lowest BCUT2D eigenvalue weighted by Gasteiger charge is -2.30. The standard InChI is InChI=1S/C19H25N3O4/c1-6-19(18(25)26-5)14-13(16(23)22(4)17(14)24)15(20-19)11-7-9-12(10-8-11)21(2)3/h7-10,13-15,20H,6H2,1-5H3. The average molecular weight is 359 g/mol. The zero-order chi connectivity index (χ0) is 19.2. The highest BCUT2D eigenvalue weighted by Crippen LogP contribution is 2.50. The maximum Gasteiger partial charge on any atom is 0.326 e. The Hall–Kier alpha value is -2.41. The second-order valence-electron chi connectivity index (χ2n) is 7.16. The third-order valence-corrected chi connectivity index (χ3v) is 5.75. The Bertz CT molecular complexity index is 746. The first-order valence-electron chi connectivity index (χ1n) is 8.73. The van der Waals surface area contributed by atoms with Crippen LogP contribution in [-0.2, 0) is 19.1 Å². The molecule has 1 aromatic carbocycles. The number of imide groups is 1. The molecule has 2 heterocycles. The number of carbonyl (C=O) groups is 3. The fraction of sp³-hybridized carbons (Fsp3) is 0.526. The van der Waals surface area contributed by atoms with Gasteiger partial charge in [0.15, 0.2) is 0 Å². The first kappa shape index (κ1) is 18.4. The molecule has 2 fully saturated rings. The molecule has 4 unspecified atom stereocenters. The Morgan fingerprint density at radius 2 is 1.85 bits per heavy atom. The number of hydrogen-bond donors (Lipinski definition) is 1. The van der Waals surface area contributed by atoms with E-state index in [9.17, 15) is 14.4 Å². The summed E-state index contributed by atoms with van der Waals surface area (Å²) in [6, 6.07) is 7.37. The van der Waals surface area contributed by atoms with Crippen LogP contribution in [0.15, 0.2) is 24.3 Å². The second-order valence-corrected chi connectivity index (χ2v) is 7.16. The number of ether oxygens (including phenoxy) is 1. The number of nitrogens with one attached hydrogen (secondary N) is 1. The minimum absolute atomic E-state index is 0.256. The molecule has 1 N–H and O–H groups in total. The Morgan fingerprint density at radius 1 is 1.23 bits per heavy atom. The molecule has 3 rings (SSSR count). The molecule has 2 aliphatic heterocycles. The van der Waals surface area contributed by atoms with Gasteiger partial charge in [0.2, 0.25) is 11.8 Å². The summed E-state index contributed by atoms with van der Waals surface area (Å²) in [4.78, 5) is 41.3. The molecule has 4 atom stereocenters. The van der Waals surface area contributed by atoms with Gasteiger partial charge in [0.1, 0.15) is 5.54 Å². The number of anilines is 1. The van der Waals surface area contributed by atoms with Crippen LogP contribution in [0, 0.1) is 11.8 Å². The molecule has 0 aromatic heterocycles. The van der Waals surface area contributed by atoms with Crippen LogP contribution >= 0.6 is 0 Å². The van der Waals surface area contributed by atoms with E-state index in [4.69, 9.17) is 4.74 Å². The van der Waals surface area contributed by atoms with E-state index in [2.05, 4.69) is 5.32 Å². The Balaban J connectivity index is 2.08. The van der Waals surface area contributed by atoms with Gasteiger partial charge in [-0.25, -0.2) is 0 Å². The SMILES string of the molecule is CCC1(C(=O)OC)NC(c2ccc(N(C)C)cc2)C2C(=O)N(C)C(=O)C21. The number of fused-ring (bicyclic) bond motifs is 1. The van der Waals surface area contributed by atoms with Crippen molar-refractivity contribution in [2.24, 2.45) is 11.8 Å². The van der Waals surface area contributed by atoms with Crippen LogP contribution in [-0.4, -0.2) is 56.5 Å². The summed E-state index contributed by atoms with van der Waals surface area (Å²) in [6.07, 6.45) is 0.361. The quantitative estimate of drug-likeness (QED) is 0.637. The van der Waals surface area contributed by atoms with Crippen molar-refractivity contribution in [1.29, 1.82) is 0 Å². The number of hydrogen-bond acceptors (Lipinski definition) is 6. The van der Waals surface area contributed by atoms with Gasteiger partial charge in [-0.05, 0) is 24.1 Å². The first-order chi connectivity index (χ1) is 12.3. The van der Waals surface area contributed by atoms with Gasteiger partial charge in [0.05, 0.1) is 18.9 Å². The highest BCUT2D eigenvalue weighted by molar-refractivity contribution is 6.09. The summed E-state index contributed by atoms with van der Waals surface area (Å²) in [5.74, 6) is -2.45. The van der Waals surface area contributed by atoms with Crippen molar-refractivity contribution in [3.05, 3.63) is 29.8 Å². The second kappa shape index (κ2) is 6.39. The van der Waals surface area contributed by atoms with E-state index >= 15 is 0 Å². The van der Waals surface area contributed by atoms with E-state index in [0.29, 0.717) is 6.42 Å². The molecular weight excluding hydrogens is 334 g/mol. The van der Waals surface area contributed by atoms with Gasteiger partial charge in [0.25, 0.3) is 0 Å². The predicted molar refractivity (Wildman–Crippen MR) is 96.4 cm³/mol. The highest BCUT2D eigenvalue weighted by atomic mass is 16.5. The van der Waals surface area contributed by atoms with Gasteiger partial charge in [-0.1, -0.05) is 19.1 Å². The summed E-state index contributed by atoms with van der Waals surface area (Å²) in [6.45, 7) is 1.83. The van der Waals surface area contributed by atoms with Crippen molar-refractivity contribution in [1.82, 2.24) is 10.2 Å². The molecule has 1 aromatic rings. The monoisotopic (exact) mass is 359 g/mol. The van der Waals surface area contributed by atoms with Crippen molar-refractivity contribution in [2.45, 2.75) is 24.9 Å². The number of nitrogens with zero attached hydrogens (tertiary/aromatic N) is 2. The zero-order valence-electron chi connectivity index (χ0n) is 15.8. The molecule has 7 nitrogen and oxygen atoms in total. The van der Waals surface area contributed by atoms with E-state index in [0.717, 1.165) is 16.2 Å². The average Bonchev–Trinajstić information content (AvgIpc) is 3.11. The van der Waals surface area contributed by atoms with E-state index in [-0.39, 0.29) is 11.8 Å². The molecule has 26 heavy (non-hydrogen) atoms. The van der Waals surface area contributed by atoms with E-state index in [1.807, 2.05) is 50.2 Å². The maximum atomic E-state index is 12.8. The van der Waals surface area contributed by atoms with Gasteiger partial charge in [-0.2, -0.15) is 0 Å². The summed E-state index contributed by atoms with van der Waals surface area (Å²) in [5, 5.41) is 3.30. The van der Waals surface area contributed by atoms with Crippen molar-refractivity contribution < 1.29 is 19.1 Å². The Morgan fingerprint density at radius 3 is 2.35 bits per heavy atom. The van der Waals surface area contributed by atoms with Crippen LogP contribution < -0.4 is 10.2 Å². The highest BCUT2D eigenvalue weighted by Gasteiger charge is 2.67. The zero-order valence-corrected chi connectivity index (χ0v) is 15.8. The van der Waals surface area contributed by atoms with Crippen LogP contribution in [0.3, 0.4) is 0 Å². The van der Waals surface area contributed by atoms with Crippen LogP contribution in [0.4, 0.5) is 5.69 Å². The predicted octanol–water partition coefficient (Wildman–Crippen LogP) is 0.950. The van der Waals surface area contributed by atoms with Gasteiger partial charge in [0, 0.05) is 32.9 Å². The number of rotatable bonds is 4. The molecule has 0 saturated carbocycles. The van der Waals surface area contributed by atoms with Gasteiger partial charge in [-0.3, -0.25) is 24.6 Å². The van der Waals surface area contributed by atoms with E-state index in [1.54, 1.807) is 0 Å². The Kier molecular flexibility index (Phi) is 4.52. The first-order valence-corrected chi connectivity index (χ1v) is 8.73. The van der Waals surface area contributed by atoms with Crippen LogP contribution in [0.2, 0.25) is 0 Å². The van der Waals surface area contributed by atoms with Gasteiger partial charge in [-0.15, -0.1) is 0 Å². The molecule has 7 heteroatoms. The molecule has 140 valence electrons. The van der Waals surface area contributed by atoms with Crippen molar-refractivity contribution in [3.63, 3.8) is 0 Å². The smallest absolute Gasteiger partial charge is 0.326 e. The normalized spacial score (nSPS) is 30.5. The van der Waals surface area contributed by atoms with E-state index in [1.165, 1.54) is 14.2 Å². The van der Waals surface area contributed by atoms with Gasteiger partial charge < -0.3 is 9.64 Å². The molecule has 0 bridgehead atoms. The molecule has 0 radical (unpaired) electrons. The molecule has 2 aliphatic rings. The molecule has 0 aliphatic carbocycles. The number of esters is 1. The molecule has 0 spiro atoms. The molecule has 2 saturated heterocycles. The third kappa shape index (κ3) is 2.41. The minimum Gasteiger partial charge on any atom is -0.468 e. The van der Waals surface area contributed by atoms with Crippen LogP contribution in [0.25, 0.3) is 0 Å². The minimum atomic E-state index is -1.19. The number of benzene rings is 1.